The number of aliphatic imine (C=N–C) groups is 1. The summed E-state index contributed by atoms with van der Waals surface area (Å²) in [6, 6.07) is 24.1. The second kappa shape index (κ2) is 10.2. The molecule has 2 aliphatic rings. The maximum atomic E-state index is 13.6. The Hall–Kier alpha value is -3.28. The van der Waals surface area contributed by atoms with Crippen molar-refractivity contribution in [3.8, 4) is 0 Å². The molecule has 0 saturated carbocycles. The minimum absolute atomic E-state index is 0.0464. The molecular weight excluding hydrogens is 498 g/mol. The number of hydrogen-bond acceptors (Lipinski definition) is 4. The summed E-state index contributed by atoms with van der Waals surface area (Å²) in [5.41, 5.74) is 6.17. The third-order valence-corrected chi connectivity index (χ3v) is 8.29. The second-order valence-corrected chi connectivity index (χ2v) is 11.4. The Morgan fingerprint density at radius 2 is 1.70 bits per heavy atom. The summed E-state index contributed by atoms with van der Waals surface area (Å²) in [6.45, 7) is 7.06. The molecule has 5 rings (SSSR count). The fourth-order valence-electron chi connectivity index (χ4n) is 4.73. The highest BCUT2D eigenvalue weighted by molar-refractivity contribution is 8.18. The normalized spacial score (nSPS) is 18.9. The molecule has 1 amide bonds. The number of hydrogen-bond donors (Lipinski definition) is 0. The summed E-state index contributed by atoms with van der Waals surface area (Å²) < 4.78 is 0. The quantitative estimate of drug-likeness (QED) is 0.317. The summed E-state index contributed by atoms with van der Waals surface area (Å²) in [5, 5.41) is 1.31. The number of rotatable bonds is 5. The van der Waals surface area contributed by atoms with E-state index >= 15 is 0 Å². The number of allylic oxidation sites excluding steroid dienone is 1. The molecule has 1 fully saturated rings. The van der Waals surface area contributed by atoms with Crippen molar-refractivity contribution in [3.05, 3.63) is 105 Å². The Morgan fingerprint density at radius 3 is 2.41 bits per heavy atom. The number of nitrogens with zero attached hydrogens (tertiary/aromatic N) is 3. The maximum Gasteiger partial charge on any atom is 0.266 e. The molecule has 188 valence electrons. The van der Waals surface area contributed by atoms with Crippen LogP contribution in [0.4, 0.5) is 11.4 Å². The number of para-hydroxylation sites is 1. The van der Waals surface area contributed by atoms with Gasteiger partial charge in [-0.15, -0.1) is 0 Å². The molecule has 2 heterocycles. The monoisotopic (exact) mass is 527 g/mol. The molecule has 37 heavy (non-hydrogen) atoms. The van der Waals surface area contributed by atoms with Gasteiger partial charge in [-0.3, -0.25) is 9.69 Å². The molecule has 0 aromatic heterocycles. The van der Waals surface area contributed by atoms with E-state index in [4.69, 9.17) is 16.6 Å². The predicted octanol–water partition coefficient (Wildman–Crippen LogP) is 7.82. The fourth-order valence-corrected chi connectivity index (χ4v) is 5.95. The molecule has 4 nitrogen and oxygen atoms in total. The summed E-state index contributed by atoms with van der Waals surface area (Å²) >= 11 is 8.18. The van der Waals surface area contributed by atoms with Gasteiger partial charge in [0.25, 0.3) is 5.91 Å². The zero-order valence-electron chi connectivity index (χ0n) is 21.5. The fraction of sp³-hybridized carbons (Fsp3) is 0.226. The molecule has 0 N–H and O–H groups in total. The number of thioether (sulfide) groups is 1. The van der Waals surface area contributed by atoms with E-state index in [1.807, 2.05) is 60.7 Å². The average Bonchev–Trinajstić information content (AvgIpc) is 3.16. The van der Waals surface area contributed by atoms with Crippen LogP contribution in [0, 0.1) is 0 Å². The molecule has 0 bridgehead atoms. The molecule has 6 heteroatoms. The van der Waals surface area contributed by atoms with Crippen molar-refractivity contribution >= 4 is 57.5 Å². The van der Waals surface area contributed by atoms with E-state index in [-0.39, 0.29) is 11.4 Å². The van der Waals surface area contributed by atoms with Crippen LogP contribution in [0.2, 0.25) is 5.02 Å². The van der Waals surface area contributed by atoms with Gasteiger partial charge in [-0.25, -0.2) is 4.99 Å². The van der Waals surface area contributed by atoms with Crippen LogP contribution in [0.5, 0.6) is 0 Å². The van der Waals surface area contributed by atoms with Gasteiger partial charge in [0.1, 0.15) is 0 Å². The lowest BCUT2D eigenvalue weighted by Crippen LogP contribution is -2.42. The van der Waals surface area contributed by atoms with Crippen molar-refractivity contribution in [2.45, 2.75) is 32.7 Å². The van der Waals surface area contributed by atoms with E-state index in [1.54, 1.807) is 4.90 Å². The first-order valence-corrected chi connectivity index (χ1v) is 13.6. The van der Waals surface area contributed by atoms with Gasteiger partial charge in [-0.1, -0.05) is 66.2 Å². The van der Waals surface area contributed by atoms with Gasteiger partial charge in [-0.05, 0) is 86.0 Å². The number of likely N-dealkylation sites (N-methyl/N-ethyl adjacent to an activating group) is 1. The Labute approximate surface area is 228 Å². The van der Waals surface area contributed by atoms with Gasteiger partial charge in [0, 0.05) is 29.9 Å². The number of anilines is 1. The molecule has 0 atom stereocenters. The number of halogens is 1. The smallest absolute Gasteiger partial charge is 0.266 e. The van der Waals surface area contributed by atoms with Crippen molar-refractivity contribution in [2.24, 2.45) is 4.99 Å². The van der Waals surface area contributed by atoms with Crippen LogP contribution in [-0.2, 0) is 11.2 Å². The van der Waals surface area contributed by atoms with Crippen LogP contribution >= 0.6 is 23.4 Å². The minimum Gasteiger partial charge on any atom is -0.365 e. The van der Waals surface area contributed by atoms with Gasteiger partial charge < -0.3 is 4.90 Å². The number of carbonyl (C=O) groups is 1. The topological polar surface area (TPSA) is 35.9 Å². The van der Waals surface area contributed by atoms with Gasteiger partial charge >= 0.3 is 0 Å². The predicted molar refractivity (Wildman–Crippen MR) is 159 cm³/mol. The van der Waals surface area contributed by atoms with E-state index < -0.39 is 0 Å². The lowest BCUT2D eigenvalue weighted by Gasteiger charge is -2.40. The molecule has 3 aromatic rings. The van der Waals surface area contributed by atoms with E-state index in [9.17, 15) is 4.79 Å². The third-order valence-electron chi connectivity index (χ3n) is 6.96. The Balaban J connectivity index is 1.50. The molecular formula is C31H30ClN3OS. The highest BCUT2D eigenvalue weighted by Crippen LogP contribution is 2.42. The number of benzene rings is 3. The second-order valence-electron chi connectivity index (χ2n) is 9.96. The Bertz CT molecular complexity index is 1430. The Kier molecular flexibility index (Phi) is 7.02. The van der Waals surface area contributed by atoms with Crippen LogP contribution in [0.1, 0.15) is 37.5 Å². The van der Waals surface area contributed by atoms with Gasteiger partial charge in [0.2, 0.25) is 0 Å². The van der Waals surface area contributed by atoms with Crippen molar-refractivity contribution < 1.29 is 4.79 Å². The van der Waals surface area contributed by atoms with Crippen molar-refractivity contribution in [2.75, 3.05) is 18.5 Å². The van der Waals surface area contributed by atoms with E-state index in [0.717, 1.165) is 28.9 Å². The number of amides is 1. The summed E-state index contributed by atoms with van der Waals surface area (Å²) in [6.07, 6.45) is 4.93. The van der Waals surface area contributed by atoms with Gasteiger partial charge in [0.15, 0.2) is 5.17 Å². The maximum absolute atomic E-state index is 13.6. The number of amidine groups is 1. The van der Waals surface area contributed by atoms with Crippen LogP contribution in [0.25, 0.3) is 11.6 Å². The van der Waals surface area contributed by atoms with Crippen molar-refractivity contribution in [3.63, 3.8) is 0 Å². The largest absolute Gasteiger partial charge is 0.365 e. The van der Waals surface area contributed by atoms with Gasteiger partial charge in [-0.2, -0.15) is 0 Å². The molecule has 0 aliphatic carbocycles. The molecule has 0 spiro atoms. The third kappa shape index (κ3) is 5.25. The Morgan fingerprint density at radius 1 is 1.03 bits per heavy atom. The molecule has 2 aliphatic heterocycles. The first kappa shape index (κ1) is 25.4. The lowest BCUT2D eigenvalue weighted by molar-refractivity contribution is -0.122. The number of fused-ring (bicyclic) bond motifs is 1. The van der Waals surface area contributed by atoms with E-state index in [2.05, 4.69) is 57.0 Å². The molecule has 1 saturated heterocycles. The van der Waals surface area contributed by atoms with Crippen molar-refractivity contribution in [1.29, 1.82) is 0 Å². The SMILES string of the molecule is CC1=CC(C)(C)N(C)c2cc(Cl)c(/C=C3/SC(=Nc4ccccc4)N(CCc4ccccc4)C3=O)cc21. The van der Waals surface area contributed by atoms with Crippen LogP contribution in [0.3, 0.4) is 0 Å². The van der Waals surface area contributed by atoms with Crippen molar-refractivity contribution in [1.82, 2.24) is 4.90 Å². The number of carbonyl (C=O) groups excluding carboxylic acids is 1. The lowest BCUT2D eigenvalue weighted by atomic mass is 9.88. The van der Waals surface area contributed by atoms with Gasteiger partial charge in [0.05, 0.1) is 16.1 Å². The minimum atomic E-state index is -0.0975. The van der Waals surface area contributed by atoms with Crippen LogP contribution in [-0.4, -0.2) is 35.1 Å². The summed E-state index contributed by atoms with van der Waals surface area (Å²) in [4.78, 5) is 23.1. The zero-order valence-corrected chi connectivity index (χ0v) is 23.1. The summed E-state index contributed by atoms with van der Waals surface area (Å²) in [7, 11) is 2.09. The standard InChI is InChI=1S/C31H30ClN3OS/c1-21-20-31(2,3)34(4)27-19-26(32)23(17-25(21)27)18-28-29(36)35(16-15-22-11-7-5-8-12-22)30(37-28)33-24-13-9-6-10-14-24/h5-14,17-20H,15-16H2,1-4H3/b28-18+,33-30?. The zero-order chi connectivity index (χ0) is 26.2. The molecule has 3 aromatic carbocycles. The first-order valence-electron chi connectivity index (χ1n) is 12.4. The van der Waals surface area contributed by atoms with E-state index in [0.29, 0.717) is 21.6 Å². The highest BCUT2D eigenvalue weighted by atomic mass is 35.5. The molecule has 0 unspecified atom stereocenters. The first-order chi connectivity index (χ1) is 17.7. The molecule has 0 radical (unpaired) electrons. The highest BCUT2D eigenvalue weighted by Gasteiger charge is 2.34. The van der Waals surface area contributed by atoms with E-state index in [1.165, 1.54) is 22.9 Å². The summed E-state index contributed by atoms with van der Waals surface area (Å²) in [5.74, 6) is -0.0464. The van der Waals surface area contributed by atoms with Crippen LogP contribution in [0.15, 0.2) is 88.8 Å². The average molecular weight is 528 g/mol. The van der Waals surface area contributed by atoms with Crippen LogP contribution < -0.4 is 4.90 Å².